The van der Waals surface area contributed by atoms with Crippen LogP contribution in [0.5, 0.6) is 0 Å². The molecule has 24 heavy (non-hydrogen) atoms. The van der Waals surface area contributed by atoms with Gasteiger partial charge in [0.25, 0.3) is 0 Å². The van der Waals surface area contributed by atoms with E-state index < -0.39 is 23.2 Å². The van der Waals surface area contributed by atoms with Crippen molar-refractivity contribution in [3.8, 4) is 0 Å². The number of aryl methyl sites for hydroxylation is 1. The van der Waals surface area contributed by atoms with Crippen molar-refractivity contribution in [1.29, 1.82) is 0 Å². The molecule has 1 aromatic rings. The van der Waals surface area contributed by atoms with E-state index >= 15 is 0 Å². The van der Waals surface area contributed by atoms with Crippen LogP contribution in [0.3, 0.4) is 0 Å². The van der Waals surface area contributed by atoms with Crippen molar-refractivity contribution in [1.82, 2.24) is 15.1 Å². The molecule has 1 fully saturated rings. The Morgan fingerprint density at radius 1 is 1.58 bits per heavy atom. The number of hydrogen-bond acceptors (Lipinski definition) is 6. The Bertz CT molecular complexity index is 624. The van der Waals surface area contributed by atoms with Crippen molar-refractivity contribution in [3.63, 3.8) is 0 Å². The molecule has 0 spiro atoms. The highest BCUT2D eigenvalue weighted by Crippen LogP contribution is 2.31. The fourth-order valence-corrected chi connectivity index (χ4v) is 2.98. The lowest BCUT2D eigenvalue weighted by atomic mass is 9.83. The Kier molecular flexibility index (Phi) is 4.97. The summed E-state index contributed by atoms with van der Waals surface area (Å²) in [4.78, 5) is 23.7. The van der Waals surface area contributed by atoms with Crippen molar-refractivity contribution in [3.05, 3.63) is 16.3 Å². The van der Waals surface area contributed by atoms with Gasteiger partial charge in [0.05, 0.1) is 23.7 Å². The third kappa shape index (κ3) is 3.75. The van der Waals surface area contributed by atoms with Gasteiger partial charge in [-0.05, 0) is 5.41 Å². The molecule has 0 saturated carbocycles. The summed E-state index contributed by atoms with van der Waals surface area (Å²) in [6, 6.07) is -0.454. The maximum absolute atomic E-state index is 11.2. The number of hydrogen-bond donors (Lipinski definition) is 2. The number of morpholine rings is 1. The lowest BCUT2D eigenvalue weighted by Crippen LogP contribution is -2.58. The van der Waals surface area contributed by atoms with E-state index in [0.717, 1.165) is 0 Å². The highest BCUT2D eigenvalue weighted by Gasteiger charge is 2.39. The molecular weight excluding hydrogens is 318 g/mol. The normalized spacial score (nSPS) is 19.8. The lowest BCUT2D eigenvalue weighted by Gasteiger charge is -2.42. The van der Waals surface area contributed by atoms with Crippen LogP contribution in [0.15, 0.2) is 6.20 Å². The molecule has 2 heterocycles. The molecule has 10 nitrogen and oxygen atoms in total. The summed E-state index contributed by atoms with van der Waals surface area (Å²) in [7, 11) is 1.64. The van der Waals surface area contributed by atoms with Crippen LogP contribution in [0, 0.1) is 15.5 Å². The number of nitrogens with zero attached hydrogens (tertiary/aromatic N) is 4. The molecule has 0 aromatic carbocycles. The van der Waals surface area contributed by atoms with Crippen molar-refractivity contribution < 1.29 is 19.6 Å². The van der Waals surface area contributed by atoms with Crippen molar-refractivity contribution in [2.24, 2.45) is 12.5 Å². The molecule has 10 heteroatoms. The van der Waals surface area contributed by atoms with Gasteiger partial charge in [-0.2, -0.15) is 5.10 Å². The van der Waals surface area contributed by atoms with E-state index in [9.17, 15) is 14.9 Å². The summed E-state index contributed by atoms with van der Waals surface area (Å²) in [5.41, 5.74) is -0.443. The molecule has 2 atom stereocenters. The van der Waals surface area contributed by atoms with Crippen LogP contribution >= 0.6 is 0 Å². The van der Waals surface area contributed by atoms with Gasteiger partial charge in [0, 0.05) is 20.1 Å². The molecule has 2 unspecified atom stereocenters. The quantitative estimate of drug-likeness (QED) is 0.623. The van der Waals surface area contributed by atoms with Crippen LogP contribution in [0.2, 0.25) is 0 Å². The van der Waals surface area contributed by atoms with E-state index in [1.807, 2.05) is 25.7 Å². The summed E-state index contributed by atoms with van der Waals surface area (Å²) < 4.78 is 7.22. The molecule has 1 aliphatic rings. The zero-order chi connectivity index (χ0) is 18.1. The molecule has 1 aliphatic heterocycles. The molecule has 1 saturated heterocycles. The average molecular weight is 341 g/mol. The molecule has 0 bridgehead atoms. The number of carbonyl (C=O) groups is 1. The Hall–Kier alpha value is -2.36. The summed E-state index contributed by atoms with van der Waals surface area (Å²) >= 11 is 0. The second-order valence-electron chi connectivity index (χ2n) is 6.88. The van der Waals surface area contributed by atoms with Crippen molar-refractivity contribution in [2.45, 2.75) is 32.9 Å². The maximum Gasteiger partial charge on any atom is 0.404 e. The molecule has 2 N–H and O–H groups in total. The van der Waals surface area contributed by atoms with Crippen LogP contribution in [0.25, 0.3) is 0 Å². The molecule has 134 valence electrons. The second kappa shape index (κ2) is 6.63. The highest BCUT2D eigenvalue weighted by molar-refractivity contribution is 5.65. The number of nitrogens with one attached hydrogen (secondary N) is 1. The fourth-order valence-electron chi connectivity index (χ4n) is 2.98. The number of rotatable bonds is 4. The zero-order valence-corrected chi connectivity index (χ0v) is 14.2. The molecular formula is C14H23N5O5. The number of nitro groups is 1. The standard InChI is InChI=1S/C14H23N5O5/c1-14(2,3)11(16-13(20)21)10-8-18(5-6-24-10)12-9(19(22)23)7-15-17(12)4/h7,10-11,16H,5-6,8H2,1-4H3,(H,20,21). The van der Waals surface area contributed by atoms with E-state index in [1.54, 1.807) is 7.05 Å². The second-order valence-corrected chi connectivity index (χ2v) is 6.88. The summed E-state index contributed by atoms with van der Waals surface area (Å²) in [5.74, 6) is 0.399. The molecule has 0 aliphatic carbocycles. The van der Waals surface area contributed by atoms with E-state index in [1.165, 1.54) is 10.9 Å². The minimum absolute atomic E-state index is 0.0725. The first kappa shape index (κ1) is 18.0. The number of amides is 1. The minimum Gasteiger partial charge on any atom is -0.465 e. The SMILES string of the molecule is Cn1ncc([N+](=O)[O-])c1N1CCOC(C(NC(=O)O)C(C)(C)C)C1. The van der Waals surface area contributed by atoms with Gasteiger partial charge in [-0.1, -0.05) is 20.8 Å². The third-order valence-corrected chi connectivity index (χ3v) is 4.06. The monoisotopic (exact) mass is 341 g/mol. The van der Waals surface area contributed by atoms with Crippen LogP contribution in [0.1, 0.15) is 20.8 Å². The first-order valence-electron chi connectivity index (χ1n) is 7.63. The van der Waals surface area contributed by atoms with Gasteiger partial charge >= 0.3 is 11.8 Å². The Morgan fingerprint density at radius 3 is 2.79 bits per heavy atom. The number of aromatic nitrogens is 2. The van der Waals surface area contributed by atoms with Gasteiger partial charge in [0.15, 0.2) is 0 Å². The smallest absolute Gasteiger partial charge is 0.404 e. The molecule has 0 radical (unpaired) electrons. The van der Waals surface area contributed by atoms with Gasteiger partial charge in [0.2, 0.25) is 5.82 Å². The van der Waals surface area contributed by atoms with Crippen molar-refractivity contribution in [2.75, 3.05) is 24.6 Å². The predicted octanol–water partition coefficient (Wildman–Crippen LogP) is 1.22. The van der Waals surface area contributed by atoms with Crippen LogP contribution in [0.4, 0.5) is 16.3 Å². The van der Waals surface area contributed by atoms with Gasteiger partial charge in [-0.3, -0.25) is 10.1 Å². The average Bonchev–Trinajstić information content (AvgIpc) is 2.85. The van der Waals surface area contributed by atoms with Crippen molar-refractivity contribution >= 4 is 17.6 Å². The fraction of sp³-hybridized carbons (Fsp3) is 0.714. The van der Waals surface area contributed by atoms with Gasteiger partial charge in [-0.25, -0.2) is 9.48 Å². The van der Waals surface area contributed by atoms with E-state index in [-0.39, 0.29) is 11.1 Å². The first-order valence-corrected chi connectivity index (χ1v) is 7.63. The largest absolute Gasteiger partial charge is 0.465 e. The van der Waals surface area contributed by atoms with Gasteiger partial charge in [-0.15, -0.1) is 0 Å². The molecule has 1 aromatic heterocycles. The number of ether oxygens (including phenoxy) is 1. The topological polar surface area (TPSA) is 123 Å². The molecule has 1 amide bonds. The third-order valence-electron chi connectivity index (χ3n) is 4.06. The first-order chi connectivity index (χ1) is 11.1. The predicted molar refractivity (Wildman–Crippen MR) is 86.2 cm³/mol. The van der Waals surface area contributed by atoms with Gasteiger partial charge in [0.1, 0.15) is 6.20 Å². The van der Waals surface area contributed by atoms with E-state index in [4.69, 9.17) is 9.84 Å². The summed E-state index contributed by atoms with van der Waals surface area (Å²) in [6.07, 6.45) is -0.331. The number of anilines is 1. The van der Waals surface area contributed by atoms with Crippen LogP contribution in [-0.2, 0) is 11.8 Å². The van der Waals surface area contributed by atoms with E-state index in [2.05, 4.69) is 10.4 Å². The van der Waals surface area contributed by atoms with Crippen LogP contribution < -0.4 is 10.2 Å². The highest BCUT2D eigenvalue weighted by atomic mass is 16.6. The molecule has 2 rings (SSSR count). The zero-order valence-electron chi connectivity index (χ0n) is 14.2. The lowest BCUT2D eigenvalue weighted by molar-refractivity contribution is -0.384. The van der Waals surface area contributed by atoms with Gasteiger partial charge < -0.3 is 20.1 Å². The summed E-state index contributed by atoms with van der Waals surface area (Å²) in [5, 5.41) is 26.8. The Morgan fingerprint density at radius 2 is 2.25 bits per heavy atom. The Balaban J connectivity index is 2.27. The summed E-state index contributed by atoms with van der Waals surface area (Å²) in [6.45, 7) is 6.91. The number of carboxylic acid groups (broad SMARTS) is 1. The van der Waals surface area contributed by atoms with E-state index in [0.29, 0.717) is 25.5 Å². The minimum atomic E-state index is -1.12. The van der Waals surface area contributed by atoms with Crippen LogP contribution in [-0.4, -0.2) is 57.7 Å². The maximum atomic E-state index is 11.2. The Labute approximate surface area is 139 Å².